The Morgan fingerprint density at radius 3 is 2.92 bits per heavy atom. The molecule has 0 bridgehead atoms. The van der Waals surface area contributed by atoms with Crippen molar-refractivity contribution >= 4 is 40.1 Å². The maximum absolute atomic E-state index is 11.4. The first kappa shape index (κ1) is 18.3. The van der Waals surface area contributed by atoms with E-state index in [1.165, 1.54) is 6.92 Å². The highest BCUT2D eigenvalue weighted by Crippen LogP contribution is 2.39. The second-order valence-electron chi connectivity index (χ2n) is 6.40. The normalized spacial score (nSPS) is 20.6. The molecule has 1 aromatic carbocycles. The Kier molecular flexibility index (Phi) is 5.71. The van der Waals surface area contributed by atoms with E-state index < -0.39 is 0 Å². The third-order valence-corrected chi connectivity index (χ3v) is 5.34. The van der Waals surface area contributed by atoms with Crippen molar-refractivity contribution in [2.75, 3.05) is 6.61 Å². The number of amides is 1. The topological polar surface area (TPSA) is 87.2 Å². The molecule has 136 valence electrons. The third-order valence-electron chi connectivity index (χ3n) is 4.57. The van der Waals surface area contributed by atoms with Gasteiger partial charge in [-0.05, 0) is 18.9 Å². The average molecular weight is 386 g/mol. The first-order valence-electron chi connectivity index (χ1n) is 8.37. The van der Waals surface area contributed by atoms with Crippen LogP contribution in [0.25, 0.3) is 11.0 Å². The van der Waals surface area contributed by atoms with Crippen LogP contribution in [0.3, 0.4) is 0 Å². The second-order valence-corrected chi connectivity index (χ2v) is 7.19. The number of carbonyl (C=O) groups is 1. The molecular weight excluding hydrogens is 365 g/mol. The van der Waals surface area contributed by atoms with Gasteiger partial charge in [0.15, 0.2) is 5.75 Å². The molecule has 2 aromatic rings. The number of aliphatic hydroxyl groups excluding tert-OH is 1. The van der Waals surface area contributed by atoms with Crippen LogP contribution in [0.4, 0.5) is 0 Å². The number of H-pyrrole nitrogens is 1. The number of aliphatic hydroxyl groups is 1. The van der Waals surface area contributed by atoms with E-state index >= 15 is 0 Å². The quantitative estimate of drug-likeness (QED) is 0.735. The average Bonchev–Trinajstić information content (AvgIpc) is 2.98. The van der Waals surface area contributed by atoms with E-state index in [1.54, 1.807) is 6.07 Å². The summed E-state index contributed by atoms with van der Waals surface area (Å²) in [5.41, 5.74) is 1.21. The molecule has 6 nitrogen and oxygen atoms in total. The van der Waals surface area contributed by atoms with Gasteiger partial charge in [-0.15, -0.1) is 0 Å². The Balaban J connectivity index is 1.83. The van der Waals surface area contributed by atoms with Gasteiger partial charge in [0.25, 0.3) is 0 Å². The number of fused-ring (bicyclic) bond motifs is 1. The number of rotatable bonds is 5. The maximum Gasteiger partial charge on any atom is 0.217 e. The highest BCUT2D eigenvalue weighted by Gasteiger charge is 2.27. The van der Waals surface area contributed by atoms with Crippen LogP contribution < -0.4 is 10.1 Å². The van der Waals surface area contributed by atoms with Gasteiger partial charge in [0, 0.05) is 18.9 Å². The minimum Gasteiger partial charge on any atom is -0.489 e. The molecule has 1 heterocycles. The molecule has 0 saturated heterocycles. The Hall–Kier alpha value is -1.50. The lowest BCUT2D eigenvalue weighted by Gasteiger charge is -2.31. The van der Waals surface area contributed by atoms with E-state index in [4.69, 9.17) is 27.9 Å². The molecule has 1 aromatic heterocycles. The van der Waals surface area contributed by atoms with E-state index in [0.29, 0.717) is 39.3 Å². The molecule has 0 aliphatic heterocycles. The van der Waals surface area contributed by atoms with Crippen LogP contribution in [0.1, 0.15) is 38.4 Å². The molecule has 0 spiro atoms. The van der Waals surface area contributed by atoms with Crippen LogP contribution in [0.5, 0.6) is 5.75 Å². The first-order valence-corrected chi connectivity index (χ1v) is 9.12. The largest absolute Gasteiger partial charge is 0.489 e. The summed E-state index contributed by atoms with van der Waals surface area (Å²) in [7, 11) is 0. The van der Waals surface area contributed by atoms with E-state index in [9.17, 15) is 9.90 Å². The Labute approximate surface area is 155 Å². The molecule has 3 rings (SSSR count). The van der Waals surface area contributed by atoms with Crippen molar-refractivity contribution in [2.45, 2.75) is 45.3 Å². The van der Waals surface area contributed by atoms with Gasteiger partial charge >= 0.3 is 0 Å². The van der Waals surface area contributed by atoms with Crippen LogP contribution in [0.2, 0.25) is 10.0 Å². The summed E-state index contributed by atoms with van der Waals surface area (Å²) < 4.78 is 6.01. The standard InChI is InChI=1S/C17H21Cl2N3O3/c1-9(24)20-12-5-3-2-4-10(12)8-25-17-15(19)11(18)6-13-16(17)22-14(7-23)21-13/h6,10,12,23H,2-5,7-8H2,1H3,(H,20,24)(H,21,22)/t10-,12-/m1/s1. The second kappa shape index (κ2) is 7.81. The Morgan fingerprint density at radius 2 is 2.20 bits per heavy atom. The monoisotopic (exact) mass is 385 g/mol. The van der Waals surface area contributed by atoms with Crippen molar-refractivity contribution in [3.8, 4) is 5.75 Å². The van der Waals surface area contributed by atoms with Crippen molar-refractivity contribution in [3.05, 3.63) is 21.9 Å². The lowest BCUT2D eigenvalue weighted by Crippen LogP contribution is -2.43. The Morgan fingerprint density at radius 1 is 1.44 bits per heavy atom. The van der Waals surface area contributed by atoms with Crippen LogP contribution in [0, 0.1) is 5.92 Å². The van der Waals surface area contributed by atoms with E-state index in [-0.39, 0.29) is 24.5 Å². The molecule has 1 amide bonds. The number of aromatic amines is 1. The van der Waals surface area contributed by atoms with Gasteiger partial charge in [-0.1, -0.05) is 36.0 Å². The van der Waals surface area contributed by atoms with Crippen molar-refractivity contribution in [1.29, 1.82) is 0 Å². The molecule has 1 aliphatic carbocycles. The summed E-state index contributed by atoms with van der Waals surface area (Å²) in [4.78, 5) is 18.7. The van der Waals surface area contributed by atoms with Crippen molar-refractivity contribution in [3.63, 3.8) is 0 Å². The molecule has 8 heteroatoms. The number of benzene rings is 1. The van der Waals surface area contributed by atoms with Gasteiger partial charge in [-0.2, -0.15) is 0 Å². The van der Waals surface area contributed by atoms with Crippen molar-refractivity contribution in [2.24, 2.45) is 5.92 Å². The summed E-state index contributed by atoms with van der Waals surface area (Å²) in [6, 6.07) is 1.77. The van der Waals surface area contributed by atoms with Crippen LogP contribution in [-0.4, -0.2) is 33.6 Å². The SMILES string of the molecule is CC(=O)N[C@@H]1CCCC[C@@H]1COc1c(Cl)c(Cl)cc2[nH]c(CO)nc12. The number of hydrogen-bond donors (Lipinski definition) is 3. The number of nitrogens with zero attached hydrogens (tertiary/aromatic N) is 1. The minimum absolute atomic E-state index is 0.0278. The summed E-state index contributed by atoms with van der Waals surface area (Å²) in [6.45, 7) is 1.74. The van der Waals surface area contributed by atoms with Crippen LogP contribution >= 0.6 is 23.2 Å². The number of aromatic nitrogens is 2. The number of imidazole rings is 1. The highest BCUT2D eigenvalue weighted by atomic mass is 35.5. The molecule has 0 radical (unpaired) electrons. The molecular formula is C17H21Cl2N3O3. The van der Waals surface area contributed by atoms with E-state index in [2.05, 4.69) is 15.3 Å². The third kappa shape index (κ3) is 4.02. The maximum atomic E-state index is 11.4. The van der Waals surface area contributed by atoms with Crippen LogP contribution in [0.15, 0.2) is 6.07 Å². The van der Waals surface area contributed by atoms with Gasteiger partial charge in [0.1, 0.15) is 23.0 Å². The minimum atomic E-state index is -0.212. The van der Waals surface area contributed by atoms with Gasteiger partial charge in [-0.25, -0.2) is 4.98 Å². The fraction of sp³-hybridized carbons (Fsp3) is 0.529. The van der Waals surface area contributed by atoms with E-state index in [1.807, 2.05) is 0 Å². The zero-order valence-electron chi connectivity index (χ0n) is 13.9. The number of carbonyl (C=O) groups excluding carboxylic acids is 1. The fourth-order valence-corrected chi connectivity index (χ4v) is 3.77. The predicted octanol–water partition coefficient (Wildman–Crippen LogP) is 3.44. The zero-order chi connectivity index (χ0) is 18.0. The van der Waals surface area contributed by atoms with Crippen molar-refractivity contribution < 1.29 is 14.6 Å². The summed E-state index contributed by atoms with van der Waals surface area (Å²) >= 11 is 12.5. The molecule has 1 aliphatic rings. The molecule has 2 atom stereocenters. The van der Waals surface area contributed by atoms with Gasteiger partial charge in [0.2, 0.25) is 5.91 Å². The number of ether oxygens (including phenoxy) is 1. The molecule has 25 heavy (non-hydrogen) atoms. The van der Waals surface area contributed by atoms with Crippen LogP contribution in [-0.2, 0) is 11.4 Å². The number of hydrogen-bond acceptors (Lipinski definition) is 4. The smallest absolute Gasteiger partial charge is 0.217 e. The predicted molar refractivity (Wildman–Crippen MR) is 97.1 cm³/mol. The first-order chi connectivity index (χ1) is 12.0. The molecule has 1 saturated carbocycles. The van der Waals surface area contributed by atoms with Gasteiger partial charge in [-0.3, -0.25) is 4.79 Å². The van der Waals surface area contributed by atoms with Gasteiger partial charge in [0.05, 0.1) is 17.1 Å². The fourth-order valence-electron chi connectivity index (χ4n) is 3.37. The summed E-state index contributed by atoms with van der Waals surface area (Å²) in [5.74, 6) is 1.01. The molecule has 1 fully saturated rings. The molecule has 0 unspecified atom stereocenters. The number of halogens is 2. The van der Waals surface area contributed by atoms with Crippen molar-refractivity contribution in [1.82, 2.24) is 15.3 Å². The highest BCUT2D eigenvalue weighted by molar-refractivity contribution is 6.44. The summed E-state index contributed by atoms with van der Waals surface area (Å²) in [6.07, 6.45) is 4.14. The number of nitrogens with one attached hydrogen (secondary N) is 2. The zero-order valence-corrected chi connectivity index (χ0v) is 15.5. The summed E-state index contributed by atoms with van der Waals surface area (Å²) in [5, 5.41) is 13.0. The molecule has 3 N–H and O–H groups in total. The lowest BCUT2D eigenvalue weighted by molar-refractivity contribution is -0.120. The Bertz CT molecular complexity index is 778. The van der Waals surface area contributed by atoms with Gasteiger partial charge < -0.3 is 20.1 Å². The van der Waals surface area contributed by atoms with E-state index in [0.717, 1.165) is 25.7 Å². The lowest BCUT2D eigenvalue weighted by atomic mass is 9.85.